The summed E-state index contributed by atoms with van der Waals surface area (Å²) in [4.78, 5) is 45.6. The van der Waals surface area contributed by atoms with Crippen LogP contribution in [-0.2, 0) is 14.4 Å². The van der Waals surface area contributed by atoms with Gasteiger partial charge in [0.25, 0.3) is 5.91 Å². The Balaban J connectivity index is 1.43. The monoisotopic (exact) mass is 484 g/mol. The molecule has 3 aliphatic rings. The van der Waals surface area contributed by atoms with Crippen LogP contribution in [0.5, 0.6) is 5.75 Å². The number of benzene rings is 1. The van der Waals surface area contributed by atoms with Crippen LogP contribution in [0.3, 0.4) is 0 Å². The molecule has 1 saturated heterocycles. The number of ether oxygens (including phenoxy) is 1. The Bertz CT molecular complexity index is 908. The van der Waals surface area contributed by atoms with Gasteiger partial charge in [-0.1, -0.05) is 25.3 Å². The molecule has 8 heteroatoms. The Morgan fingerprint density at radius 2 is 1.83 bits per heavy atom. The molecule has 1 unspecified atom stereocenters. The van der Waals surface area contributed by atoms with Crippen molar-refractivity contribution in [3.05, 3.63) is 23.8 Å². The minimum Gasteiger partial charge on any atom is -0.497 e. The van der Waals surface area contributed by atoms with Crippen LogP contribution < -0.4 is 10.1 Å². The van der Waals surface area contributed by atoms with Gasteiger partial charge in [0.05, 0.1) is 13.0 Å². The van der Waals surface area contributed by atoms with Gasteiger partial charge in [-0.15, -0.1) is 0 Å². The van der Waals surface area contributed by atoms with Crippen LogP contribution in [0.2, 0.25) is 0 Å². The Labute approximate surface area is 209 Å². The van der Waals surface area contributed by atoms with Crippen molar-refractivity contribution < 1.29 is 19.1 Å². The van der Waals surface area contributed by atoms with Gasteiger partial charge in [0.15, 0.2) is 0 Å². The first kappa shape index (κ1) is 25.5. The summed E-state index contributed by atoms with van der Waals surface area (Å²) in [5.41, 5.74) is 1.64. The molecule has 192 valence electrons. The molecule has 0 bridgehead atoms. The van der Waals surface area contributed by atoms with E-state index >= 15 is 0 Å². The Hall–Kier alpha value is -2.61. The maximum Gasteiger partial charge on any atom is 0.291 e. The number of likely N-dealkylation sites (N-methyl/N-ethyl adjacent to an activating group) is 1. The van der Waals surface area contributed by atoms with E-state index in [0.717, 1.165) is 56.6 Å². The van der Waals surface area contributed by atoms with Gasteiger partial charge in [-0.25, -0.2) is 0 Å². The van der Waals surface area contributed by atoms with E-state index in [0.29, 0.717) is 31.3 Å². The predicted octanol–water partition coefficient (Wildman–Crippen LogP) is 2.74. The van der Waals surface area contributed by atoms with Crippen molar-refractivity contribution in [3.63, 3.8) is 0 Å². The van der Waals surface area contributed by atoms with Gasteiger partial charge in [0, 0.05) is 45.0 Å². The zero-order valence-corrected chi connectivity index (χ0v) is 21.3. The van der Waals surface area contributed by atoms with E-state index in [1.54, 1.807) is 19.1 Å². The van der Waals surface area contributed by atoms with E-state index in [1.165, 1.54) is 24.2 Å². The first-order chi connectivity index (χ1) is 17.0. The summed E-state index contributed by atoms with van der Waals surface area (Å²) in [6.07, 6.45) is 8.04. The third-order valence-electron chi connectivity index (χ3n) is 7.85. The summed E-state index contributed by atoms with van der Waals surface area (Å²) in [6, 6.07) is 5.52. The van der Waals surface area contributed by atoms with Gasteiger partial charge in [-0.3, -0.25) is 14.4 Å². The molecule has 2 amide bonds. The fourth-order valence-electron chi connectivity index (χ4n) is 5.59. The van der Waals surface area contributed by atoms with Crippen LogP contribution in [-0.4, -0.2) is 92.3 Å². The molecule has 4 rings (SSSR count). The maximum atomic E-state index is 13.5. The average molecular weight is 485 g/mol. The first-order valence-corrected chi connectivity index (χ1v) is 13.2. The second-order valence-electron chi connectivity index (χ2n) is 10.3. The number of ketones is 1. The Kier molecular flexibility index (Phi) is 8.65. The predicted molar refractivity (Wildman–Crippen MR) is 136 cm³/mol. The lowest BCUT2D eigenvalue weighted by molar-refractivity contribution is -0.148. The molecule has 0 radical (unpaired) electrons. The lowest BCUT2D eigenvalue weighted by Crippen LogP contribution is -2.48. The van der Waals surface area contributed by atoms with Gasteiger partial charge in [0.1, 0.15) is 12.3 Å². The quantitative estimate of drug-likeness (QED) is 0.515. The highest BCUT2D eigenvalue weighted by Gasteiger charge is 2.36. The first-order valence-electron chi connectivity index (χ1n) is 13.2. The van der Waals surface area contributed by atoms with Crippen LogP contribution in [0.4, 0.5) is 5.69 Å². The van der Waals surface area contributed by atoms with E-state index < -0.39 is 17.6 Å². The summed E-state index contributed by atoms with van der Waals surface area (Å²) in [7, 11) is 3.40. The van der Waals surface area contributed by atoms with Crippen molar-refractivity contribution in [2.45, 2.75) is 50.9 Å². The summed E-state index contributed by atoms with van der Waals surface area (Å²) in [6.45, 7) is 4.50. The molecule has 1 aromatic rings. The van der Waals surface area contributed by atoms with Gasteiger partial charge in [-0.2, -0.15) is 0 Å². The van der Waals surface area contributed by atoms with Crippen molar-refractivity contribution in [2.24, 2.45) is 5.92 Å². The molecule has 0 aromatic heterocycles. The van der Waals surface area contributed by atoms with Crippen LogP contribution >= 0.6 is 0 Å². The molecule has 1 atom stereocenters. The molecule has 2 fully saturated rings. The van der Waals surface area contributed by atoms with Crippen LogP contribution in [0, 0.1) is 5.92 Å². The van der Waals surface area contributed by atoms with E-state index in [9.17, 15) is 14.4 Å². The highest BCUT2D eigenvalue weighted by atomic mass is 16.5. The SMILES string of the molecule is COc1ccc2c(c1)NCC2C(=O)C(=O)N(CC(=O)N(C)CCN1CCCC1)CC1CCCCC1. The number of hydrogen-bond donors (Lipinski definition) is 1. The molecule has 1 aliphatic carbocycles. The molecule has 0 spiro atoms. The normalized spacial score (nSPS) is 20.2. The smallest absolute Gasteiger partial charge is 0.291 e. The number of carbonyl (C=O) groups excluding carboxylic acids is 3. The van der Waals surface area contributed by atoms with Crippen molar-refractivity contribution in [1.29, 1.82) is 0 Å². The summed E-state index contributed by atoms with van der Waals surface area (Å²) < 4.78 is 5.28. The molecule has 1 saturated carbocycles. The second-order valence-corrected chi connectivity index (χ2v) is 10.3. The highest BCUT2D eigenvalue weighted by molar-refractivity contribution is 6.38. The number of hydrogen-bond acceptors (Lipinski definition) is 6. The lowest BCUT2D eigenvalue weighted by Gasteiger charge is -2.31. The maximum absolute atomic E-state index is 13.5. The van der Waals surface area contributed by atoms with Crippen LogP contribution in [0.15, 0.2) is 18.2 Å². The standard InChI is InChI=1S/C27H40N4O4/c1-29(14-15-30-12-6-7-13-30)25(32)19-31(18-20-8-4-3-5-9-20)27(34)26(33)23-17-28-24-16-21(35-2)10-11-22(23)24/h10-11,16,20,23,28H,3-9,12-15,17-19H2,1-2H3. The van der Waals surface area contributed by atoms with E-state index in [4.69, 9.17) is 4.74 Å². The number of methoxy groups -OCH3 is 1. The number of fused-ring (bicyclic) bond motifs is 1. The number of likely N-dealkylation sites (tertiary alicyclic amines) is 1. The third-order valence-corrected chi connectivity index (χ3v) is 7.85. The van der Waals surface area contributed by atoms with E-state index in [-0.39, 0.29) is 12.5 Å². The third kappa shape index (κ3) is 6.34. The molecular weight excluding hydrogens is 444 g/mol. The second kappa shape index (κ2) is 11.9. The molecule has 1 aromatic carbocycles. The average Bonchev–Trinajstić information content (AvgIpc) is 3.56. The fraction of sp³-hybridized carbons (Fsp3) is 0.667. The number of Topliss-reactive ketones (excluding diaryl/α,β-unsaturated/α-hetero) is 1. The molecule has 2 heterocycles. The lowest BCUT2D eigenvalue weighted by atomic mass is 9.88. The zero-order chi connectivity index (χ0) is 24.8. The molecule has 1 N–H and O–H groups in total. The number of carbonyl (C=O) groups is 3. The summed E-state index contributed by atoms with van der Waals surface area (Å²) in [5, 5.41) is 3.23. The largest absolute Gasteiger partial charge is 0.497 e. The van der Waals surface area contributed by atoms with Crippen LogP contribution in [0.25, 0.3) is 0 Å². The van der Waals surface area contributed by atoms with Crippen molar-refractivity contribution in [1.82, 2.24) is 14.7 Å². The fourth-order valence-corrected chi connectivity index (χ4v) is 5.59. The summed E-state index contributed by atoms with van der Waals surface area (Å²) in [5.74, 6) is -0.563. The van der Waals surface area contributed by atoms with E-state index in [2.05, 4.69) is 10.2 Å². The van der Waals surface area contributed by atoms with Crippen LogP contribution in [0.1, 0.15) is 56.4 Å². The van der Waals surface area contributed by atoms with Crippen molar-refractivity contribution in [3.8, 4) is 5.75 Å². The van der Waals surface area contributed by atoms with Gasteiger partial charge >= 0.3 is 0 Å². The van der Waals surface area contributed by atoms with E-state index in [1.807, 2.05) is 18.2 Å². The summed E-state index contributed by atoms with van der Waals surface area (Å²) >= 11 is 0. The number of nitrogens with one attached hydrogen (secondary N) is 1. The number of amides is 2. The Morgan fingerprint density at radius 3 is 2.54 bits per heavy atom. The van der Waals surface area contributed by atoms with Crippen molar-refractivity contribution >= 4 is 23.3 Å². The highest BCUT2D eigenvalue weighted by Crippen LogP contribution is 2.35. The van der Waals surface area contributed by atoms with Gasteiger partial charge in [-0.05, 0) is 56.3 Å². The molecule has 35 heavy (non-hydrogen) atoms. The van der Waals surface area contributed by atoms with Gasteiger partial charge in [0.2, 0.25) is 11.7 Å². The number of nitrogens with zero attached hydrogens (tertiary/aromatic N) is 3. The molecule has 8 nitrogen and oxygen atoms in total. The minimum atomic E-state index is -0.541. The Morgan fingerprint density at radius 1 is 1.09 bits per heavy atom. The zero-order valence-electron chi connectivity index (χ0n) is 21.3. The minimum absolute atomic E-state index is 0.0345. The number of rotatable bonds is 10. The topological polar surface area (TPSA) is 82.2 Å². The number of anilines is 1. The van der Waals surface area contributed by atoms with Crippen molar-refractivity contribution in [2.75, 3.05) is 65.3 Å². The van der Waals surface area contributed by atoms with Gasteiger partial charge < -0.3 is 24.8 Å². The molecule has 2 aliphatic heterocycles. The molecular formula is C27H40N4O4.